The second kappa shape index (κ2) is 7.33. The van der Waals surface area contributed by atoms with Crippen LogP contribution in [0.4, 0.5) is 0 Å². The zero-order chi connectivity index (χ0) is 18.8. The Morgan fingerprint density at radius 3 is 1.68 bits per heavy atom. The largest absolute Gasteiger partial charge is 0.118 e. The van der Waals surface area contributed by atoms with E-state index in [1.165, 1.54) is 27.1 Å². The van der Waals surface area contributed by atoms with Gasteiger partial charge in [0, 0.05) is 15.6 Å². The molecule has 4 aromatic rings. The Labute approximate surface area is 171 Å². The molecule has 0 amide bonds. The van der Waals surface area contributed by atoms with Crippen LogP contribution in [0, 0.1) is 0 Å². The fourth-order valence-electron chi connectivity index (χ4n) is 4.52. The van der Waals surface area contributed by atoms with E-state index in [1.54, 1.807) is 0 Å². The topological polar surface area (TPSA) is 0 Å². The molecule has 0 aromatic heterocycles. The molecule has 0 fully saturated rings. The van der Waals surface area contributed by atoms with Gasteiger partial charge >= 0.3 is 0 Å². The van der Waals surface area contributed by atoms with Gasteiger partial charge in [-0.1, -0.05) is 109 Å². The summed E-state index contributed by atoms with van der Waals surface area (Å²) in [5.74, 6) is 0. The predicted molar refractivity (Wildman–Crippen MR) is 119 cm³/mol. The van der Waals surface area contributed by atoms with Crippen LogP contribution >= 0.6 is 11.8 Å². The van der Waals surface area contributed by atoms with Crippen LogP contribution in [-0.4, -0.2) is 0 Å². The van der Waals surface area contributed by atoms with Gasteiger partial charge in [-0.3, -0.25) is 0 Å². The molecule has 0 saturated carbocycles. The van der Waals surface area contributed by atoms with Gasteiger partial charge in [0.15, 0.2) is 0 Å². The van der Waals surface area contributed by atoms with Gasteiger partial charge in [-0.2, -0.15) is 0 Å². The number of thioether (sulfide) groups is 1. The summed E-state index contributed by atoms with van der Waals surface area (Å²) in [6, 6.07) is 42.0. The Morgan fingerprint density at radius 2 is 1.07 bits per heavy atom. The van der Waals surface area contributed by atoms with Crippen molar-refractivity contribution in [3.05, 3.63) is 138 Å². The van der Waals surface area contributed by atoms with E-state index in [4.69, 9.17) is 0 Å². The van der Waals surface area contributed by atoms with Gasteiger partial charge in [-0.25, -0.2) is 0 Å². The molecule has 1 unspecified atom stereocenters. The average Bonchev–Trinajstić information content (AvgIpc) is 2.80. The molecule has 5 rings (SSSR count). The smallest absolute Gasteiger partial charge is 0.0476 e. The number of fused-ring (bicyclic) bond motifs is 1. The van der Waals surface area contributed by atoms with Gasteiger partial charge in [0.25, 0.3) is 0 Å². The molecular weight excluding hydrogens is 356 g/mol. The molecule has 1 heteroatoms. The lowest BCUT2D eigenvalue weighted by molar-refractivity contribution is 0.532. The van der Waals surface area contributed by atoms with Crippen LogP contribution in [0.3, 0.4) is 0 Å². The lowest BCUT2D eigenvalue weighted by Gasteiger charge is -2.43. The Bertz CT molecular complexity index is 1020. The molecule has 0 aliphatic carbocycles. The van der Waals surface area contributed by atoms with Gasteiger partial charge in [0.05, 0.1) is 0 Å². The third-order valence-corrected chi connectivity index (χ3v) is 7.15. The van der Waals surface area contributed by atoms with Crippen molar-refractivity contribution < 1.29 is 0 Å². The van der Waals surface area contributed by atoms with Crippen LogP contribution in [0.1, 0.15) is 33.9 Å². The van der Waals surface area contributed by atoms with Gasteiger partial charge in [0.1, 0.15) is 0 Å². The number of hydrogen-bond donors (Lipinski definition) is 0. The zero-order valence-corrected chi connectivity index (χ0v) is 16.5. The Morgan fingerprint density at radius 1 is 0.571 bits per heavy atom. The quantitative estimate of drug-likeness (QED) is 0.361. The van der Waals surface area contributed by atoms with Crippen LogP contribution < -0.4 is 0 Å². The molecular formula is C27H22S. The summed E-state index contributed by atoms with van der Waals surface area (Å²) < 4.78 is 0. The minimum absolute atomic E-state index is 0.148. The molecule has 0 radical (unpaired) electrons. The monoisotopic (exact) mass is 378 g/mol. The van der Waals surface area contributed by atoms with Crippen LogP contribution in [-0.2, 0) is 5.41 Å². The molecule has 0 N–H and O–H groups in total. The highest BCUT2D eigenvalue weighted by atomic mass is 32.2. The second-order valence-electron chi connectivity index (χ2n) is 7.35. The highest BCUT2D eigenvalue weighted by molar-refractivity contribution is 7.99. The van der Waals surface area contributed by atoms with Crippen molar-refractivity contribution in [3.63, 3.8) is 0 Å². The van der Waals surface area contributed by atoms with Crippen molar-refractivity contribution in [3.8, 4) is 0 Å². The standard InChI is InChI=1S/C27H22S/c1-4-12-21(13-5-1)26-20-27(22-14-6-2-7-15-22,23-16-8-3-9-17-23)24-18-10-11-19-25(24)28-26/h1-19,26H,20H2. The molecule has 0 spiro atoms. The zero-order valence-electron chi connectivity index (χ0n) is 15.7. The first-order valence-corrected chi connectivity index (χ1v) is 10.7. The first kappa shape index (κ1) is 17.3. The summed E-state index contributed by atoms with van der Waals surface area (Å²) in [5, 5.41) is 0.413. The van der Waals surface area contributed by atoms with E-state index < -0.39 is 0 Å². The SMILES string of the molecule is c1ccc(C2CC(c3ccccc3)(c3ccccc3)c3ccccc3S2)cc1. The average molecular weight is 379 g/mol. The van der Waals surface area contributed by atoms with Crippen molar-refractivity contribution in [1.82, 2.24) is 0 Å². The van der Waals surface area contributed by atoms with E-state index >= 15 is 0 Å². The third kappa shape index (κ3) is 2.87. The maximum atomic E-state index is 2.32. The molecule has 1 aliphatic rings. The van der Waals surface area contributed by atoms with Crippen LogP contribution in [0.5, 0.6) is 0 Å². The maximum Gasteiger partial charge on any atom is 0.0476 e. The van der Waals surface area contributed by atoms with Crippen molar-refractivity contribution in [2.75, 3.05) is 0 Å². The van der Waals surface area contributed by atoms with E-state index in [-0.39, 0.29) is 5.41 Å². The molecule has 28 heavy (non-hydrogen) atoms. The summed E-state index contributed by atoms with van der Waals surface area (Å²) in [6.07, 6.45) is 1.05. The van der Waals surface area contributed by atoms with E-state index in [0.29, 0.717) is 5.25 Å². The van der Waals surface area contributed by atoms with Crippen molar-refractivity contribution in [1.29, 1.82) is 0 Å². The minimum Gasteiger partial charge on any atom is -0.118 e. The highest BCUT2D eigenvalue weighted by Crippen LogP contribution is 2.57. The van der Waals surface area contributed by atoms with E-state index in [0.717, 1.165) is 6.42 Å². The van der Waals surface area contributed by atoms with Crippen molar-refractivity contribution in [2.45, 2.75) is 22.0 Å². The van der Waals surface area contributed by atoms with Crippen LogP contribution in [0.25, 0.3) is 0 Å². The van der Waals surface area contributed by atoms with E-state index in [1.807, 2.05) is 11.8 Å². The molecule has 1 heterocycles. The van der Waals surface area contributed by atoms with E-state index in [9.17, 15) is 0 Å². The van der Waals surface area contributed by atoms with Crippen molar-refractivity contribution in [2.24, 2.45) is 0 Å². The molecule has 4 aromatic carbocycles. The normalized spacial score (nSPS) is 17.6. The molecule has 1 aliphatic heterocycles. The Hall–Kier alpha value is -2.77. The first-order valence-electron chi connectivity index (χ1n) is 9.80. The lowest BCUT2D eigenvalue weighted by Crippen LogP contribution is -2.34. The Kier molecular flexibility index (Phi) is 4.54. The first-order chi connectivity index (χ1) is 13.9. The molecule has 0 bridgehead atoms. The summed E-state index contributed by atoms with van der Waals surface area (Å²) in [6.45, 7) is 0. The molecule has 136 valence electrons. The third-order valence-electron chi connectivity index (χ3n) is 5.81. The predicted octanol–water partition coefficient (Wildman–Crippen LogP) is 7.26. The number of rotatable bonds is 3. The second-order valence-corrected chi connectivity index (χ2v) is 8.60. The number of hydrogen-bond acceptors (Lipinski definition) is 1. The van der Waals surface area contributed by atoms with Gasteiger partial charge < -0.3 is 0 Å². The van der Waals surface area contributed by atoms with Gasteiger partial charge in [0.2, 0.25) is 0 Å². The highest BCUT2D eigenvalue weighted by Gasteiger charge is 2.43. The van der Waals surface area contributed by atoms with Crippen LogP contribution in [0.15, 0.2) is 120 Å². The summed E-state index contributed by atoms with van der Waals surface area (Å²) >= 11 is 2.00. The fourth-order valence-corrected chi connectivity index (χ4v) is 5.98. The van der Waals surface area contributed by atoms with Gasteiger partial charge in [-0.15, -0.1) is 11.8 Å². The number of benzene rings is 4. The Balaban J connectivity index is 1.79. The van der Waals surface area contributed by atoms with Crippen molar-refractivity contribution >= 4 is 11.8 Å². The molecule has 0 saturated heterocycles. The molecule has 1 atom stereocenters. The summed E-state index contributed by atoms with van der Waals surface area (Å²) in [5.41, 5.74) is 5.41. The maximum absolute atomic E-state index is 2.32. The van der Waals surface area contributed by atoms with E-state index in [2.05, 4.69) is 115 Å². The molecule has 0 nitrogen and oxygen atoms in total. The van der Waals surface area contributed by atoms with Crippen LogP contribution in [0.2, 0.25) is 0 Å². The lowest BCUT2D eigenvalue weighted by atomic mass is 9.66. The fraction of sp³-hybridized carbons (Fsp3) is 0.111. The van der Waals surface area contributed by atoms with Gasteiger partial charge in [-0.05, 0) is 34.7 Å². The minimum atomic E-state index is -0.148. The summed E-state index contributed by atoms with van der Waals surface area (Å²) in [7, 11) is 0. The summed E-state index contributed by atoms with van der Waals surface area (Å²) in [4.78, 5) is 1.38.